The van der Waals surface area contributed by atoms with E-state index < -0.39 is 0 Å². The molecule has 0 amide bonds. The molecule has 6 nitrogen and oxygen atoms in total. The van der Waals surface area contributed by atoms with Crippen molar-refractivity contribution >= 4 is 26.8 Å². The number of fused-ring (bicyclic) bond motifs is 1. The van der Waals surface area contributed by atoms with Gasteiger partial charge in [-0.15, -0.1) is 0 Å². The molecule has 1 aliphatic carbocycles. The standard InChI is InChI=1S/C13H18N4O2S/c1-16-10(18)9-11(17(2)13(16)19)20-12(15-9)14-8-6-4-3-5-7-8/h8H,3-7H2,1-2H3,(H,14,15). The third kappa shape index (κ3) is 2.15. The van der Waals surface area contributed by atoms with Gasteiger partial charge in [-0.25, -0.2) is 9.78 Å². The lowest BCUT2D eigenvalue weighted by molar-refractivity contribution is 0.462. The maximum absolute atomic E-state index is 12.1. The molecule has 1 saturated carbocycles. The minimum absolute atomic E-state index is 0.310. The van der Waals surface area contributed by atoms with Gasteiger partial charge < -0.3 is 5.32 Å². The van der Waals surface area contributed by atoms with Crippen LogP contribution in [0.15, 0.2) is 9.59 Å². The molecule has 0 aliphatic heterocycles. The van der Waals surface area contributed by atoms with Crippen LogP contribution in [0.25, 0.3) is 10.3 Å². The predicted molar refractivity (Wildman–Crippen MR) is 80.6 cm³/mol. The van der Waals surface area contributed by atoms with Gasteiger partial charge in [-0.3, -0.25) is 13.9 Å². The Balaban J connectivity index is 2.02. The zero-order chi connectivity index (χ0) is 14.3. The average molecular weight is 294 g/mol. The lowest BCUT2D eigenvalue weighted by Gasteiger charge is -2.22. The van der Waals surface area contributed by atoms with Crippen molar-refractivity contribution in [3.63, 3.8) is 0 Å². The summed E-state index contributed by atoms with van der Waals surface area (Å²) in [6, 6.07) is 0.435. The zero-order valence-corrected chi connectivity index (χ0v) is 12.5. The number of rotatable bonds is 2. The monoisotopic (exact) mass is 294 g/mol. The zero-order valence-electron chi connectivity index (χ0n) is 11.7. The molecule has 1 aliphatic rings. The van der Waals surface area contributed by atoms with Gasteiger partial charge in [-0.1, -0.05) is 30.6 Å². The Hall–Kier alpha value is -1.63. The van der Waals surface area contributed by atoms with Gasteiger partial charge in [0.1, 0.15) is 4.83 Å². The molecule has 7 heteroatoms. The van der Waals surface area contributed by atoms with Crippen LogP contribution in [0, 0.1) is 0 Å². The summed E-state index contributed by atoms with van der Waals surface area (Å²) in [6.45, 7) is 0. The lowest BCUT2D eigenvalue weighted by atomic mass is 9.96. The summed E-state index contributed by atoms with van der Waals surface area (Å²) in [4.78, 5) is 29.0. The Kier molecular flexibility index (Phi) is 3.37. The summed E-state index contributed by atoms with van der Waals surface area (Å²) < 4.78 is 2.59. The molecule has 2 heterocycles. The second kappa shape index (κ2) is 5.05. The molecule has 0 aromatic carbocycles. The van der Waals surface area contributed by atoms with E-state index in [-0.39, 0.29) is 11.2 Å². The van der Waals surface area contributed by atoms with Crippen LogP contribution < -0.4 is 16.6 Å². The summed E-state index contributed by atoms with van der Waals surface area (Å²) in [5, 5.41) is 4.15. The van der Waals surface area contributed by atoms with E-state index in [4.69, 9.17) is 0 Å². The van der Waals surface area contributed by atoms with Crippen LogP contribution in [0.5, 0.6) is 0 Å². The van der Waals surface area contributed by atoms with Gasteiger partial charge in [-0.2, -0.15) is 0 Å². The number of nitrogens with zero attached hydrogens (tertiary/aromatic N) is 3. The fourth-order valence-corrected chi connectivity index (χ4v) is 3.71. The number of aromatic nitrogens is 3. The molecule has 2 aromatic rings. The second-order valence-electron chi connectivity index (χ2n) is 5.36. The molecule has 3 rings (SSSR count). The molecular weight excluding hydrogens is 276 g/mol. The van der Waals surface area contributed by atoms with Crippen LogP contribution >= 0.6 is 11.3 Å². The smallest absolute Gasteiger partial charge is 0.331 e. The number of hydrogen-bond acceptors (Lipinski definition) is 5. The summed E-state index contributed by atoms with van der Waals surface area (Å²) in [7, 11) is 3.16. The van der Waals surface area contributed by atoms with Gasteiger partial charge in [0, 0.05) is 20.1 Å². The van der Waals surface area contributed by atoms with E-state index in [0.717, 1.165) is 22.5 Å². The first-order valence-electron chi connectivity index (χ1n) is 6.91. The third-order valence-electron chi connectivity index (χ3n) is 3.93. The van der Waals surface area contributed by atoms with E-state index >= 15 is 0 Å². The SMILES string of the molecule is Cn1c(=O)c2nc(NC3CCCCC3)sc2n(C)c1=O. The van der Waals surface area contributed by atoms with Crippen LogP contribution in [-0.2, 0) is 14.1 Å². The number of anilines is 1. The van der Waals surface area contributed by atoms with Gasteiger partial charge in [0.2, 0.25) is 0 Å². The molecule has 1 fully saturated rings. The Bertz CT molecular complexity index is 752. The molecule has 108 valence electrons. The van der Waals surface area contributed by atoms with Crippen LogP contribution in [0.2, 0.25) is 0 Å². The average Bonchev–Trinajstić information content (AvgIpc) is 2.88. The largest absolute Gasteiger partial charge is 0.359 e. The quantitative estimate of drug-likeness (QED) is 0.910. The fourth-order valence-electron chi connectivity index (χ4n) is 2.72. The Morgan fingerprint density at radius 3 is 2.55 bits per heavy atom. The minimum Gasteiger partial charge on any atom is -0.359 e. The van der Waals surface area contributed by atoms with E-state index in [1.165, 1.54) is 42.2 Å². The number of thiazole rings is 1. The van der Waals surface area contributed by atoms with E-state index in [1.54, 1.807) is 7.05 Å². The first-order chi connectivity index (χ1) is 9.58. The van der Waals surface area contributed by atoms with Crippen LogP contribution in [0.4, 0.5) is 5.13 Å². The first kappa shape index (κ1) is 13.4. The van der Waals surface area contributed by atoms with Crippen molar-refractivity contribution in [2.24, 2.45) is 14.1 Å². The first-order valence-corrected chi connectivity index (χ1v) is 7.72. The number of hydrogen-bond donors (Lipinski definition) is 1. The number of aryl methyl sites for hydroxylation is 1. The fraction of sp³-hybridized carbons (Fsp3) is 0.615. The Morgan fingerprint density at radius 1 is 1.15 bits per heavy atom. The molecule has 0 spiro atoms. The van der Waals surface area contributed by atoms with E-state index in [9.17, 15) is 9.59 Å². The molecule has 0 atom stereocenters. The van der Waals surface area contributed by atoms with Crippen molar-refractivity contribution in [2.75, 3.05) is 5.32 Å². The molecule has 0 bridgehead atoms. The molecular formula is C13H18N4O2S. The van der Waals surface area contributed by atoms with Gasteiger partial charge in [0.25, 0.3) is 5.56 Å². The molecule has 0 unspecified atom stereocenters. The molecule has 0 radical (unpaired) electrons. The number of nitrogens with one attached hydrogen (secondary N) is 1. The summed E-state index contributed by atoms with van der Waals surface area (Å²) in [5.41, 5.74) is -0.260. The van der Waals surface area contributed by atoms with Crippen LogP contribution in [-0.4, -0.2) is 20.2 Å². The topological polar surface area (TPSA) is 68.9 Å². The van der Waals surface area contributed by atoms with Crippen molar-refractivity contribution in [2.45, 2.75) is 38.1 Å². The Morgan fingerprint density at radius 2 is 1.85 bits per heavy atom. The lowest BCUT2D eigenvalue weighted by Crippen LogP contribution is -2.36. The van der Waals surface area contributed by atoms with Crippen molar-refractivity contribution in [1.82, 2.24) is 14.1 Å². The van der Waals surface area contributed by atoms with Crippen molar-refractivity contribution in [3.8, 4) is 0 Å². The molecule has 20 heavy (non-hydrogen) atoms. The second-order valence-corrected chi connectivity index (χ2v) is 6.34. The maximum Gasteiger partial charge on any atom is 0.331 e. The predicted octanol–water partition coefficient (Wildman–Crippen LogP) is 1.44. The van der Waals surface area contributed by atoms with E-state index in [1.807, 2.05) is 0 Å². The van der Waals surface area contributed by atoms with Gasteiger partial charge in [0.15, 0.2) is 10.6 Å². The third-order valence-corrected chi connectivity index (χ3v) is 4.99. The van der Waals surface area contributed by atoms with Crippen LogP contribution in [0.3, 0.4) is 0 Å². The van der Waals surface area contributed by atoms with Crippen molar-refractivity contribution < 1.29 is 0 Å². The normalized spacial score (nSPS) is 16.7. The van der Waals surface area contributed by atoms with Crippen molar-refractivity contribution in [1.29, 1.82) is 0 Å². The maximum atomic E-state index is 12.1. The summed E-state index contributed by atoms with van der Waals surface area (Å²) in [6.07, 6.45) is 6.07. The molecule has 2 aromatic heterocycles. The van der Waals surface area contributed by atoms with Gasteiger partial charge in [-0.05, 0) is 12.8 Å². The minimum atomic E-state index is -0.323. The highest BCUT2D eigenvalue weighted by atomic mass is 32.1. The highest BCUT2D eigenvalue weighted by Crippen LogP contribution is 2.26. The summed E-state index contributed by atoms with van der Waals surface area (Å²) in [5.74, 6) is 0. The van der Waals surface area contributed by atoms with E-state index in [0.29, 0.717) is 16.4 Å². The van der Waals surface area contributed by atoms with Gasteiger partial charge in [0.05, 0.1) is 0 Å². The highest BCUT2D eigenvalue weighted by molar-refractivity contribution is 7.21. The van der Waals surface area contributed by atoms with Gasteiger partial charge >= 0.3 is 5.69 Å². The Labute approximate surface area is 120 Å². The molecule has 0 saturated heterocycles. The van der Waals surface area contributed by atoms with Crippen LogP contribution in [0.1, 0.15) is 32.1 Å². The van der Waals surface area contributed by atoms with E-state index in [2.05, 4.69) is 10.3 Å². The summed E-state index contributed by atoms with van der Waals surface area (Å²) >= 11 is 1.38. The van der Waals surface area contributed by atoms with Crippen molar-refractivity contribution in [3.05, 3.63) is 20.8 Å². The molecule has 1 N–H and O–H groups in total. The highest BCUT2D eigenvalue weighted by Gasteiger charge is 2.18.